The van der Waals surface area contributed by atoms with Gasteiger partial charge in [-0.2, -0.15) is 0 Å². The van der Waals surface area contributed by atoms with Crippen molar-refractivity contribution in [3.05, 3.63) is 59.4 Å². The number of hydrogen-bond donors (Lipinski definition) is 2. The van der Waals surface area contributed by atoms with Crippen LogP contribution in [0.25, 0.3) is 0 Å². The molecule has 17 heavy (non-hydrogen) atoms. The third-order valence-electron chi connectivity index (χ3n) is 2.96. The highest BCUT2D eigenvalue weighted by Crippen LogP contribution is 2.16. The van der Waals surface area contributed by atoms with Gasteiger partial charge in [-0.1, -0.05) is 31.2 Å². The number of H-pyrrole nitrogens is 1. The highest BCUT2D eigenvalue weighted by molar-refractivity contribution is 6.08. The van der Waals surface area contributed by atoms with Gasteiger partial charge >= 0.3 is 0 Å². The first kappa shape index (κ1) is 11.6. The maximum Gasteiger partial charge on any atom is 0.194 e. The van der Waals surface area contributed by atoms with Crippen LogP contribution in [0.1, 0.15) is 34.3 Å². The first-order chi connectivity index (χ1) is 8.22. The molecule has 1 atom stereocenters. The normalized spacial score (nSPS) is 12.4. The second-order valence-electron chi connectivity index (χ2n) is 4.19. The number of rotatable bonds is 4. The van der Waals surface area contributed by atoms with Crippen LogP contribution in [0.15, 0.2) is 42.7 Å². The van der Waals surface area contributed by atoms with Gasteiger partial charge in [0.1, 0.15) is 0 Å². The summed E-state index contributed by atoms with van der Waals surface area (Å²) in [4.78, 5) is 14.9. The van der Waals surface area contributed by atoms with E-state index in [2.05, 4.69) is 11.9 Å². The number of carbonyl (C=O) groups is 1. The summed E-state index contributed by atoms with van der Waals surface area (Å²) in [5.41, 5.74) is 8.16. The quantitative estimate of drug-likeness (QED) is 0.789. The molecule has 2 rings (SSSR count). The number of ketones is 1. The van der Waals surface area contributed by atoms with Crippen LogP contribution in [0, 0.1) is 0 Å². The Morgan fingerprint density at radius 1 is 1.24 bits per heavy atom. The number of aromatic amines is 1. The first-order valence-corrected chi connectivity index (χ1v) is 5.70. The Morgan fingerprint density at radius 3 is 2.47 bits per heavy atom. The molecular formula is C14H16N2O. The zero-order valence-electron chi connectivity index (χ0n) is 9.81. The van der Waals surface area contributed by atoms with E-state index in [1.807, 2.05) is 24.3 Å². The number of hydrogen-bond acceptors (Lipinski definition) is 2. The van der Waals surface area contributed by atoms with Crippen molar-refractivity contribution in [2.75, 3.05) is 6.54 Å². The molecule has 1 aromatic carbocycles. The van der Waals surface area contributed by atoms with Crippen LogP contribution in [0.3, 0.4) is 0 Å². The Kier molecular flexibility index (Phi) is 3.40. The monoisotopic (exact) mass is 228 g/mol. The van der Waals surface area contributed by atoms with E-state index >= 15 is 0 Å². The maximum absolute atomic E-state index is 12.0. The van der Waals surface area contributed by atoms with Crippen LogP contribution in [0.4, 0.5) is 0 Å². The Bertz CT molecular complexity index is 485. The fourth-order valence-corrected chi connectivity index (χ4v) is 1.73. The second-order valence-corrected chi connectivity index (χ2v) is 4.19. The molecule has 3 heteroatoms. The van der Waals surface area contributed by atoms with E-state index in [0.29, 0.717) is 23.6 Å². The molecule has 0 aliphatic carbocycles. The molecule has 0 bridgehead atoms. The van der Waals surface area contributed by atoms with Crippen molar-refractivity contribution < 1.29 is 4.79 Å². The smallest absolute Gasteiger partial charge is 0.194 e. The molecule has 0 aliphatic heterocycles. The minimum atomic E-state index is 0.0400. The summed E-state index contributed by atoms with van der Waals surface area (Å²) in [6, 6.07) is 9.43. The van der Waals surface area contributed by atoms with Crippen molar-refractivity contribution in [2.45, 2.75) is 12.8 Å². The molecule has 0 saturated heterocycles. The van der Waals surface area contributed by atoms with Gasteiger partial charge in [0.15, 0.2) is 5.78 Å². The van der Waals surface area contributed by atoms with Crippen molar-refractivity contribution in [3.63, 3.8) is 0 Å². The number of aromatic nitrogens is 1. The predicted molar refractivity (Wildman–Crippen MR) is 68.1 cm³/mol. The predicted octanol–water partition coefficient (Wildman–Crippen LogP) is 2.31. The zero-order chi connectivity index (χ0) is 12.3. The maximum atomic E-state index is 12.0. The number of benzene rings is 1. The third kappa shape index (κ3) is 2.45. The standard InChI is InChI=1S/C14H16N2O/c1-10(8-15)11-2-4-12(5-3-11)14(17)13-6-7-16-9-13/h2-7,9-10,16H,8,15H2,1H3. The molecule has 3 nitrogen and oxygen atoms in total. The second kappa shape index (κ2) is 4.97. The zero-order valence-corrected chi connectivity index (χ0v) is 9.81. The molecule has 0 spiro atoms. The first-order valence-electron chi connectivity index (χ1n) is 5.70. The van der Waals surface area contributed by atoms with Crippen molar-refractivity contribution in [2.24, 2.45) is 5.73 Å². The molecule has 1 aromatic heterocycles. The highest BCUT2D eigenvalue weighted by Gasteiger charge is 2.10. The van der Waals surface area contributed by atoms with Crippen LogP contribution in [-0.2, 0) is 0 Å². The highest BCUT2D eigenvalue weighted by atomic mass is 16.1. The van der Waals surface area contributed by atoms with Crippen LogP contribution >= 0.6 is 0 Å². The van der Waals surface area contributed by atoms with Crippen LogP contribution in [-0.4, -0.2) is 17.3 Å². The lowest BCUT2D eigenvalue weighted by atomic mass is 9.98. The van der Waals surface area contributed by atoms with E-state index in [0.717, 1.165) is 5.56 Å². The van der Waals surface area contributed by atoms with Gasteiger partial charge in [0.05, 0.1) is 0 Å². The lowest BCUT2D eigenvalue weighted by molar-refractivity contribution is 0.103. The van der Waals surface area contributed by atoms with Crippen LogP contribution in [0.2, 0.25) is 0 Å². The van der Waals surface area contributed by atoms with E-state index in [4.69, 9.17) is 5.73 Å². The van der Waals surface area contributed by atoms with Gasteiger partial charge in [-0.25, -0.2) is 0 Å². The van der Waals surface area contributed by atoms with E-state index < -0.39 is 0 Å². The van der Waals surface area contributed by atoms with Crippen molar-refractivity contribution >= 4 is 5.78 Å². The van der Waals surface area contributed by atoms with Crippen molar-refractivity contribution in [1.29, 1.82) is 0 Å². The summed E-state index contributed by atoms with van der Waals surface area (Å²) in [5.74, 6) is 0.365. The van der Waals surface area contributed by atoms with Gasteiger partial charge in [-0.15, -0.1) is 0 Å². The number of carbonyl (C=O) groups excluding carboxylic acids is 1. The fourth-order valence-electron chi connectivity index (χ4n) is 1.73. The van der Waals surface area contributed by atoms with E-state index in [-0.39, 0.29) is 5.78 Å². The van der Waals surface area contributed by atoms with Gasteiger partial charge < -0.3 is 10.7 Å². The molecule has 0 aliphatic rings. The van der Waals surface area contributed by atoms with Gasteiger partial charge in [0.2, 0.25) is 0 Å². The summed E-state index contributed by atoms with van der Waals surface area (Å²) in [6.07, 6.45) is 3.46. The molecule has 3 N–H and O–H groups in total. The number of nitrogens with one attached hydrogen (secondary N) is 1. The summed E-state index contributed by atoms with van der Waals surface area (Å²) in [6.45, 7) is 2.69. The number of nitrogens with two attached hydrogens (primary N) is 1. The Labute approximate surface area is 101 Å². The summed E-state index contributed by atoms with van der Waals surface area (Å²) >= 11 is 0. The molecule has 0 amide bonds. The lowest BCUT2D eigenvalue weighted by Crippen LogP contribution is -2.09. The van der Waals surface area contributed by atoms with Crippen LogP contribution < -0.4 is 5.73 Å². The Hall–Kier alpha value is -1.87. The molecular weight excluding hydrogens is 212 g/mol. The molecule has 0 radical (unpaired) electrons. The molecule has 1 heterocycles. The minimum Gasteiger partial charge on any atom is -0.367 e. The van der Waals surface area contributed by atoms with Gasteiger partial charge in [0, 0.05) is 23.5 Å². The molecule has 1 unspecified atom stereocenters. The van der Waals surface area contributed by atoms with Crippen LogP contribution in [0.5, 0.6) is 0 Å². The lowest BCUT2D eigenvalue weighted by Gasteiger charge is -2.09. The average molecular weight is 228 g/mol. The molecule has 2 aromatic rings. The van der Waals surface area contributed by atoms with Crippen molar-refractivity contribution in [3.8, 4) is 0 Å². The van der Waals surface area contributed by atoms with E-state index in [1.54, 1.807) is 18.5 Å². The molecule has 88 valence electrons. The van der Waals surface area contributed by atoms with Gasteiger partial charge in [0.25, 0.3) is 0 Å². The fraction of sp³-hybridized carbons (Fsp3) is 0.214. The van der Waals surface area contributed by atoms with E-state index in [1.165, 1.54) is 0 Å². The van der Waals surface area contributed by atoms with Gasteiger partial charge in [-0.3, -0.25) is 4.79 Å². The molecule has 0 saturated carbocycles. The summed E-state index contributed by atoms with van der Waals surface area (Å²) < 4.78 is 0. The minimum absolute atomic E-state index is 0.0400. The Balaban J connectivity index is 2.21. The van der Waals surface area contributed by atoms with E-state index in [9.17, 15) is 4.79 Å². The summed E-state index contributed by atoms with van der Waals surface area (Å²) in [7, 11) is 0. The SMILES string of the molecule is CC(CN)c1ccc(C(=O)c2cc[nH]c2)cc1. The van der Waals surface area contributed by atoms with Gasteiger partial charge in [-0.05, 0) is 24.1 Å². The van der Waals surface area contributed by atoms with Crippen molar-refractivity contribution in [1.82, 2.24) is 4.98 Å². The topological polar surface area (TPSA) is 58.9 Å². The average Bonchev–Trinajstić information content (AvgIpc) is 2.91. The molecule has 0 fully saturated rings. The third-order valence-corrected chi connectivity index (χ3v) is 2.96. The summed E-state index contributed by atoms with van der Waals surface area (Å²) in [5, 5.41) is 0. The Morgan fingerprint density at radius 2 is 1.94 bits per heavy atom. The largest absolute Gasteiger partial charge is 0.367 e.